The molecule has 0 saturated carbocycles. The van der Waals surface area contributed by atoms with Crippen LogP contribution in [0.4, 0.5) is 0 Å². The molecule has 0 aliphatic carbocycles. The summed E-state index contributed by atoms with van der Waals surface area (Å²) in [6.45, 7) is 6.69. The molecule has 2 rings (SSSR count). The van der Waals surface area contributed by atoms with Crippen molar-refractivity contribution in [1.29, 1.82) is 0 Å². The molecule has 1 fully saturated rings. The first-order valence-electron chi connectivity index (χ1n) is 7.81. The summed E-state index contributed by atoms with van der Waals surface area (Å²) in [6.07, 6.45) is 1.91. The molecule has 1 atom stereocenters. The molecule has 1 heterocycles. The van der Waals surface area contributed by atoms with E-state index in [-0.39, 0.29) is 17.9 Å². The van der Waals surface area contributed by atoms with Gasteiger partial charge in [0.15, 0.2) is 0 Å². The first kappa shape index (κ1) is 15.8. The Morgan fingerprint density at radius 3 is 2.52 bits per heavy atom. The highest BCUT2D eigenvalue weighted by molar-refractivity contribution is 5.79. The molecule has 0 spiro atoms. The maximum absolute atomic E-state index is 12.3. The SMILES string of the molecule is CCOc1ccc([C@H](C)NC(=O)C2CCN(C)CC2)cc1. The number of hydrogen-bond donors (Lipinski definition) is 1. The first-order valence-corrected chi connectivity index (χ1v) is 7.81. The average Bonchev–Trinajstić information content (AvgIpc) is 2.49. The highest BCUT2D eigenvalue weighted by atomic mass is 16.5. The topological polar surface area (TPSA) is 41.6 Å². The molecule has 1 aromatic rings. The first-order chi connectivity index (χ1) is 10.1. The van der Waals surface area contributed by atoms with Gasteiger partial charge >= 0.3 is 0 Å². The van der Waals surface area contributed by atoms with Crippen molar-refractivity contribution >= 4 is 5.91 Å². The van der Waals surface area contributed by atoms with Crippen molar-refractivity contribution in [2.45, 2.75) is 32.7 Å². The lowest BCUT2D eigenvalue weighted by Gasteiger charge is -2.29. The number of carbonyl (C=O) groups is 1. The number of amides is 1. The van der Waals surface area contributed by atoms with E-state index in [1.165, 1.54) is 0 Å². The Morgan fingerprint density at radius 1 is 1.33 bits per heavy atom. The Kier molecular flexibility index (Phi) is 5.62. The van der Waals surface area contributed by atoms with Crippen LogP contribution >= 0.6 is 0 Å². The lowest BCUT2D eigenvalue weighted by molar-refractivity contribution is -0.127. The number of piperidine rings is 1. The van der Waals surface area contributed by atoms with Crippen LogP contribution in [0.5, 0.6) is 5.75 Å². The number of nitrogens with one attached hydrogen (secondary N) is 1. The van der Waals surface area contributed by atoms with Crippen LogP contribution in [0.3, 0.4) is 0 Å². The number of carbonyl (C=O) groups excluding carboxylic acids is 1. The molecule has 21 heavy (non-hydrogen) atoms. The molecular formula is C17H26N2O2. The van der Waals surface area contributed by atoms with Gasteiger partial charge in [-0.3, -0.25) is 4.79 Å². The van der Waals surface area contributed by atoms with Crippen LogP contribution < -0.4 is 10.1 Å². The third kappa shape index (κ3) is 4.46. The van der Waals surface area contributed by atoms with E-state index in [2.05, 4.69) is 17.3 Å². The van der Waals surface area contributed by atoms with Crippen molar-refractivity contribution in [2.24, 2.45) is 5.92 Å². The molecule has 1 amide bonds. The zero-order chi connectivity index (χ0) is 15.2. The summed E-state index contributed by atoms with van der Waals surface area (Å²) in [7, 11) is 2.11. The fraction of sp³-hybridized carbons (Fsp3) is 0.588. The Hall–Kier alpha value is -1.55. The summed E-state index contributed by atoms with van der Waals surface area (Å²) in [5.74, 6) is 1.21. The van der Waals surface area contributed by atoms with Crippen molar-refractivity contribution < 1.29 is 9.53 Å². The van der Waals surface area contributed by atoms with Crippen LogP contribution in [0.1, 0.15) is 38.3 Å². The summed E-state index contributed by atoms with van der Waals surface area (Å²) in [4.78, 5) is 14.6. The lowest BCUT2D eigenvalue weighted by atomic mass is 9.95. The minimum Gasteiger partial charge on any atom is -0.494 e. The van der Waals surface area contributed by atoms with Crippen LogP contribution in [0.25, 0.3) is 0 Å². The molecule has 0 radical (unpaired) electrons. The summed E-state index contributed by atoms with van der Waals surface area (Å²) in [6, 6.07) is 7.98. The third-order valence-corrected chi connectivity index (χ3v) is 4.14. The number of ether oxygens (including phenoxy) is 1. The third-order valence-electron chi connectivity index (χ3n) is 4.14. The van der Waals surface area contributed by atoms with Crippen molar-refractivity contribution in [2.75, 3.05) is 26.7 Å². The predicted octanol–water partition coefficient (Wildman–Crippen LogP) is 2.60. The highest BCUT2D eigenvalue weighted by Crippen LogP contribution is 2.20. The molecular weight excluding hydrogens is 264 g/mol. The van der Waals surface area contributed by atoms with E-state index in [1.54, 1.807) is 0 Å². The molecule has 4 heteroatoms. The molecule has 1 saturated heterocycles. The molecule has 1 N–H and O–H groups in total. The van der Waals surface area contributed by atoms with Crippen LogP contribution in [0.15, 0.2) is 24.3 Å². The van der Waals surface area contributed by atoms with Crippen molar-refractivity contribution in [3.63, 3.8) is 0 Å². The average molecular weight is 290 g/mol. The quantitative estimate of drug-likeness (QED) is 0.906. The molecule has 1 aromatic carbocycles. The lowest BCUT2D eigenvalue weighted by Crippen LogP contribution is -2.39. The molecule has 116 valence electrons. The van der Waals surface area contributed by atoms with E-state index in [1.807, 2.05) is 38.1 Å². The summed E-state index contributed by atoms with van der Waals surface area (Å²) < 4.78 is 5.43. The van der Waals surface area contributed by atoms with Gasteiger partial charge in [0.05, 0.1) is 12.6 Å². The van der Waals surface area contributed by atoms with Crippen LogP contribution in [-0.4, -0.2) is 37.6 Å². The largest absolute Gasteiger partial charge is 0.494 e. The maximum Gasteiger partial charge on any atom is 0.223 e. The highest BCUT2D eigenvalue weighted by Gasteiger charge is 2.24. The van der Waals surface area contributed by atoms with Gasteiger partial charge in [-0.15, -0.1) is 0 Å². The fourth-order valence-electron chi connectivity index (χ4n) is 2.70. The smallest absolute Gasteiger partial charge is 0.223 e. The van der Waals surface area contributed by atoms with Crippen molar-refractivity contribution in [3.05, 3.63) is 29.8 Å². The van der Waals surface area contributed by atoms with Crippen LogP contribution in [0, 0.1) is 5.92 Å². The fourth-order valence-corrected chi connectivity index (χ4v) is 2.70. The zero-order valence-electron chi connectivity index (χ0n) is 13.3. The summed E-state index contributed by atoms with van der Waals surface area (Å²) >= 11 is 0. The predicted molar refractivity (Wildman–Crippen MR) is 84.4 cm³/mol. The van der Waals surface area contributed by atoms with E-state index in [0.29, 0.717) is 6.61 Å². The van der Waals surface area contributed by atoms with Crippen LogP contribution in [-0.2, 0) is 4.79 Å². The number of nitrogens with zero attached hydrogens (tertiary/aromatic N) is 1. The molecule has 4 nitrogen and oxygen atoms in total. The number of hydrogen-bond acceptors (Lipinski definition) is 3. The monoisotopic (exact) mass is 290 g/mol. The van der Waals surface area contributed by atoms with Gasteiger partial charge in [0.25, 0.3) is 0 Å². The molecule has 0 unspecified atom stereocenters. The minimum atomic E-state index is 0.0350. The number of rotatable bonds is 5. The standard InChI is InChI=1S/C17H26N2O2/c1-4-21-16-7-5-14(6-8-16)13(2)18-17(20)15-9-11-19(3)12-10-15/h5-8,13,15H,4,9-12H2,1-3H3,(H,18,20)/t13-/m0/s1. The second-order valence-electron chi connectivity index (χ2n) is 5.81. The zero-order valence-corrected chi connectivity index (χ0v) is 13.3. The normalized spacial score (nSPS) is 18.2. The Labute approximate surface area is 127 Å². The van der Waals surface area contributed by atoms with E-state index < -0.39 is 0 Å². The van der Waals surface area contributed by atoms with Gasteiger partial charge in [0.1, 0.15) is 5.75 Å². The Bertz CT molecular complexity index is 450. The number of benzene rings is 1. The minimum absolute atomic E-state index is 0.0350. The van der Waals surface area contributed by atoms with Gasteiger partial charge in [-0.05, 0) is 64.5 Å². The Morgan fingerprint density at radius 2 is 1.95 bits per heavy atom. The Balaban J connectivity index is 1.88. The molecule has 0 aromatic heterocycles. The van der Waals surface area contributed by atoms with E-state index in [4.69, 9.17) is 4.74 Å². The second kappa shape index (κ2) is 7.46. The van der Waals surface area contributed by atoms with Gasteiger partial charge in [0.2, 0.25) is 5.91 Å². The summed E-state index contributed by atoms with van der Waals surface area (Å²) in [5, 5.41) is 3.13. The van der Waals surface area contributed by atoms with Crippen molar-refractivity contribution in [1.82, 2.24) is 10.2 Å². The van der Waals surface area contributed by atoms with Gasteiger partial charge in [0, 0.05) is 5.92 Å². The second-order valence-corrected chi connectivity index (χ2v) is 5.81. The van der Waals surface area contributed by atoms with E-state index >= 15 is 0 Å². The maximum atomic E-state index is 12.3. The van der Waals surface area contributed by atoms with Gasteiger partial charge in [-0.1, -0.05) is 12.1 Å². The molecule has 0 bridgehead atoms. The van der Waals surface area contributed by atoms with Gasteiger partial charge in [-0.2, -0.15) is 0 Å². The number of likely N-dealkylation sites (tertiary alicyclic amines) is 1. The molecule has 1 aliphatic heterocycles. The summed E-state index contributed by atoms with van der Waals surface area (Å²) in [5.41, 5.74) is 1.11. The van der Waals surface area contributed by atoms with Crippen LogP contribution in [0.2, 0.25) is 0 Å². The van der Waals surface area contributed by atoms with E-state index in [9.17, 15) is 4.79 Å². The van der Waals surface area contributed by atoms with Gasteiger partial charge in [-0.25, -0.2) is 0 Å². The van der Waals surface area contributed by atoms with Crippen molar-refractivity contribution in [3.8, 4) is 5.75 Å². The van der Waals surface area contributed by atoms with E-state index in [0.717, 1.165) is 37.2 Å². The molecule has 1 aliphatic rings. The van der Waals surface area contributed by atoms with Gasteiger partial charge < -0.3 is 15.0 Å².